The maximum Gasteiger partial charge on any atom is 0.338 e. The van der Waals surface area contributed by atoms with Crippen LogP contribution in [0.5, 0.6) is 0 Å². The lowest BCUT2D eigenvalue weighted by Crippen LogP contribution is -2.14. The number of nitrogens with zero attached hydrogens (tertiary/aromatic N) is 2. The average Bonchev–Trinajstić information content (AvgIpc) is 3.22. The molecule has 1 amide bonds. The van der Waals surface area contributed by atoms with Crippen LogP contribution in [0, 0.1) is 10.1 Å². The van der Waals surface area contributed by atoms with Gasteiger partial charge in [0.2, 0.25) is 5.88 Å². The van der Waals surface area contributed by atoms with E-state index in [1.54, 1.807) is 13.0 Å². The highest BCUT2D eigenvalue weighted by Crippen LogP contribution is 2.24. The Bertz CT molecular complexity index is 1090. The topological polar surface area (TPSA) is 125 Å². The smallest absolute Gasteiger partial charge is 0.338 e. The molecule has 30 heavy (non-hydrogen) atoms. The molecule has 0 bridgehead atoms. The Hall–Kier alpha value is -4.01. The standard InChI is InChI=1S/C21H19N3O6/c1-3-13-5-7-14(8-6-13)18-12-19(30-23-18)22-20(25)15-9-16(21(26)29-4-2)11-17(10-15)24(27)28/h5-12H,3-4H2,1-2H3,(H,22,25). The van der Waals surface area contributed by atoms with Crippen LogP contribution in [-0.2, 0) is 11.2 Å². The molecule has 9 heteroatoms. The molecule has 0 saturated carbocycles. The molecule has 0 fully saturated rings. The molecule has 3 rings (SSSR count). The molecule has 0 atom stereocenters. The van der Waals surface area contributed by atoms with Crippen molar-refractivity contribution in [2.45, 2.75) is 20.3 Å². The van der Waals surface area contributed by atoms with Gasteiger partial charge in [-0.15, -0.1) is 0 Å². The number of ether oxygens (including phenoxy) is 1. The molecule has 0 unspecified atom stereocenters. The highest BCUT2D eigenvalue weighted by atomic mass is 16.6. The predicted octanol–water partition coefficient (Wildman–Crippen LogP) is 4.24. The molecular formula is C21H19N3O6. The highest BCUT2D eigenvalue weighted by molar-refractivity contribution is 6.05. The number of amides is 1. The third-order valence-electron chi connectivity index (χ3n) is 4.31. The first-order chi connectivity index (χ1) is 14.4. The summed E-state index contributed by atoms with van der Waals surface area (Å²) < 4.78 is 10.0. The Kier molecular flexibility index (Phi) is 6.21. The van der Waals surface area contributed by atoms with E-state index in [9.17, 15) is 19.7 Å². The van der Waals surface area contributed by atoms with Gasteiger partial charge < -0.3 is 9.26 Å². The van der Waals surface area contributed by atoms with Gasteiger partial charge in [0.05, 0.1) is 17.1 Å². The van der Waals surface area contributed by atoms with Gasteiger partial charge >= 0.3 is 5.97 Å². The molecule has 1 N–H and O–H groups in total. The largest absolute Gasteiger partial charge is 0.462 e. The summed E-state index contributed by atoms with van der Waals surface area (Å²) in [6.07, 6.45) is 0.914. The minimum atomic E-state index is -0.757. The maximum atomic E-state index is 12.6. The van der Waals surface area contributed by atoms with Gasteiger partial charge in [0.25, 0.3) is 11.6 Å². The number of carbonyl (C=O) groups is 2. The number of benzene rings is 2. The van der Waals surface area contributed by atoms with Crippen molar-refractivity contribution in [3.63, 3.8) is 0 Å². The fourth-order valence-corrected chi connectivity index (χ4v) is 2.75. The monoisotopic (exact) mass is 409 g/mol. The molecule has 3 aromatic rings. The molecule has 0 spiro atoms. The number of hydrogen-bond donors (Lipinski definition) is 1. The van der Waals surface area contributed by atoms with E-state index < -0.39 is 22.5 Å². The number of carbonyl (C=O) groups excluding carboxylic acids is 2. The summed E-state index contributed by atoms with van der Waals surface area (Å²) in [4.78, 5) is 35.0. The summed E-state index contributed by atoms with van der Waals surface area (Å²) in [6, 6.07) is 12.6. The minimum Gasteiger partial charge on any atom is -0.462 e. The van der Waals surface area contributed by atoms with Gasteiger partial charge in [-0.1, -0.05) is 36.3 Å². The van der Waals surface area contributed by atoms with Crippen LogP contribution in [0.15, 0.2) is 53.1 Å². The van der Waals surface area contributed by atoms with Gasteiger partial charge in [-0.2, -0.15) is 0 Å². The molecular weight excluding hydrogens is 390 g/mol. The van der Waals surface area contributed by atoms with Gasteiger partial charge in [-0.05, 0) is 25.0 Å². The van der Waals surface area contributed by atoms with Gasteiger partial charge in [0, 0.05) is 29.3 Å². The summed E-state index contributed by atoms with van der Waals surface area (Å²) in [5.74, 6) is -1.38. The number of aryl methyl sites for hydroxylation is 1. The highest BCUT2D eigenvalue weighted by Gasteiger charge is 2.20. The third kappa shape index (κ3) is 4.69. The Morgan fingerprint density at radius 1 is 1.10 bits per heavy atom. The molecule has 0 radical (unpaired) electrons. The SMILES string of the molecule is CCOC(=O)c1cc(C(=O)Nc2cc(-c3ccc(CC)cc3)no2)cc([N+](=O)[O-])c1. The quantitative estimate of drug-likeness (QED) is 0.351. The number of aromatic nitrogens is 1. The molecule has 0 saturated heterocycles. The molecule has 0 aliphatic rings. The van der Waals surface area contributed by atoms with Crippen molar-refractivity contribution in [2.75, 3.05) is 11.9 Å². The number of nitro benzene ring substituents is 1. The number of rotatable bonds is 7. The van der Waals surface area contributed by atoms with Crippen molar-refractivity contribution in [3.05, 3.63) is 75.3 Å². The number of nitro groups is 1. The second-order valence-corrected chi connectivity index (χ2v) is 6.33. The van der Waals surface area contributed by atoms with Crippen molar-refractivity contribution in [3.8, 4) is 11.3 Å². The lowest BCUT2D eigenvalue weighted by atomic mass is 10.1. The van der Waals surface area contributed by atoms with Crippen LogP contribution in [-0.4, -0.2) is 28.6 Å². The molecule has 1 heterocycles. The lowest BCUT2D eigenvalue weighted by Gasteiger charge is -2.05. The van der Waals surface area contributed by atoms with E-state index in [0.717, 1.165) is 24.1 Å². The zero-order valence-electron chi connectivity index (χ0n) is 16.4. The number of non-ortho nitro benzene ring substituents is 1. The summed E-state index contributed by atoms with van der Waals surface area (Å²) >= 11 is 0. The van der Waals surface area contributed by atoms with Crippen molar-refractivity contribution >= 4 is 23.4 Å². The first-order valence-electron chi connectivity index (χ1n) is 9.25. The summed E-state index contributed by atoms with van der Waals surface area (Å²) in [5.41, 5.74) is 1.94. The van der Waals surface area contributed by atoms with Crippen molar-refractivity contribution < 1.29 is 23.8 Å². The Labute approximate surface area is 171 Å². The summed E-state index contributed by atoms with van der Waals surface area (Å²) in [6.45, 7) is 3.77. The van der Waals surface area contributed by atoms with Crippen LogP contribution in [0.2, 0.25) is 0 Å². The van der Waals surface area contributed by atoms with Gasteiger partial charge in [0.1, 0.15) is 5.69 Å². The maximum absolute atomic E-state index is 12.6. The fourth-order valence-electron chi connectivity index (χ4n) is 2.75. The molecule has 0 aliphatic carbocycles. The second-order valence-electron chi connectivity index (χ2n) is 6.33. The Morgan fingerprint density at radius 3 is 2.43 bits per heavy atom. The van der Waals surface area contributed by atoms with Crippen molar-refractivity contribution in [2.24, 2.45) is 0 Å². The predicted molar refractivity (Wildman–Crippen MR) is 108 cm³/mol. The van der Waals surface area contributed by atoms with Gasteiger partial charge in [-0.25, -0.2) is 4.79 Å². The molecule has 154 valence electrons. The summed E-state index contributed by atoms with van der Waals surface area (Å²) in [5, 5.41) is 17.6. The number of esters is 1. The first-order valence-corrected chi connectivity index (χ1v) is 9.25. The van der Waals surface area contributed by atoms with E-state index in [-0.39, 0.29) is 23.6 Å². The van der Waals surface area contributed by atoms with E-state index in [1.165, 1.54) is 11.6 Å². The van der Waals surface area contributed by atoms with E-state index in [1.807, 2.05) is 24.3 Å². The van der Waals surface area contributed by atoms with E-state index in [4.69, 9.17) is 9.26 Å². The average molecular weight is 409 g/mol. The van der Waals surface area contributed by atoms with Crippen LogP contribution < -0.4 is 5.32 Å². The normalized spacial score (nSPS) is 10.5. The van der Waals surface area contributed by atoms with Gasteiger partial charge in [0.15, 0.2) is 0 Å². The van der Waals surface area contributed by atoms with E-state index in [0.29, 0.717) is 5.69 Å². The minimum absolute atomic E-state index is 0.0683. The van der Waals surface area contributed by atoms with Crippen molar-refractivity contribution in [1.82, 2.24) is 5.16 Å². The summed E-state index contributed by atoms with van der Waals surface area (Å²) in [7, 11) is 0. The second kappa shape index (κ2) is 8.99. The zero-order valence-corrected chi connectivity index (χ0v) is 16.4. The lowest BCUT2D eigenvalue weighted by molar-refractivity contribution is -0.384. The molecule has 9 nitrogen and oxygen atoms in total. The van der Waals surface area contributed by atoms with Crippen LogP contribution in [0.4, 0.5) is 11.6 Å². The number of nitrogens with one attached hydrogen (secondary N) is 1. The Morgan fingerprint density at radius 2 is 1.80 bits per heavy atom. The molecule has 0 aliphatic heterocycles. The van der Waals surface area contributed by atoms with Gasteiger partial charge in [-0.3, -0.25) is 20.2 Å². The van der Waals surface area contributed by atoms with Crippen LogP contribution >= 0.6 is 0 Å². The van der Waals surface area contributed by atoms with E-state index in [2.05, 4.69) is 17.4 Å². The van der Waals surface area contributed by atoms with Crippen LogP contribution in [0.25, 0.3) is 11.3 Å². The van der Waals surface area contributed by atoms with Crippen molar-refractivity contribution in [1.29, 1.82) is 0 Å². The first kappa shape index (κ1) is 20.7. The van der Waals surface area contributed by atoms with Crippen LogP contribution in [0.3, 0.4) is 0 Å². The number of anilines is 1. The third-order valence-corrected chi connectivity index (χ3v) is 4.31. The van der Waals surface area contributed by atoms with Crippen LogP contribution in [0.1, 0.15) is 40.1 Å². The Balaban J connectivity index is 1.82. The zero-order chi connectivity index (χ0) is 21.7. The number of hydrogen-bond acceptors (Lipinski definition) is 7. The van der Waals surface area contributed by atoms with E-state index >= 15 is 0 Å². The fraction of sp³-hybridized carbons (Fsp3) is 0.190. The molecule has 1 aromatic heterocycles. The molecule has 2 aromatic carbocycles.